The van der Waals surface area contributed by atoms with Crippen molar-refractivity contribution >= 4 is 11.8 Å². The molecule has 0 rings (SSSR count). The molecular weight excluding hydrogens is 292 g/mol. The number of amides is 2. The Labute approximate surface area is 129 Å². The summed E-state index contributed by atoms with van der Waals surface area (Å²) in [6, 6.07) is 0. The zero-order valence-electron chi connectivity index (χ0n) is 12.7. The average molecular weight is 318 g/mol. The predicted octanol–water partition coefficient (Wildman–Crippen LogP) is -1.09. The number of allylic oxidation sites excluding steroid dienone is 1. The third kappa shape index (κ3) is 7.39. The van der Waals surface area contributed by atoms with Crippen molar-refractivity contribution in [2.75, 3.05) is 0 Å². The summed E-state index contributed by atoms with van der Waals surface area (Å²) in [4.78, 5) is 22.0. The lowest BCUT2D eigenvalue weighted by atomic mass is 10.0. The molecule has 0 fully saturated rings. The first-order chi connectivity index (χ1) is 10.3. The van der Waals surface area contributed by atoms with Crippen LogP contribution in [0, 0.1) is 0 Å². The van der Waals surface area contributed by atoms with E-state index >= 15 is 0 Å². The van der Waals surface area contributed by atoms with Gasteiger partial charge in [0.2, 0.25) is 12.0 Å². The summed E-state index contributed by atoms with van der Waals surface area (Å²) in [5.41, 5.74) is 9.86. The normalized spacial score (nSPS) is 16.9. The fourth-order valence-electron chi connectivity index (χ4n) is 1.75. The number of primary amides is 2. The van der Waals surface area contributed by atoms with Crippen molar-refractivity contribution in [3.63, 3.8) is 0 Å². The van der Waals surface area contributed by atoms with Crippen LogP contribution in [0.2, 0.25) is 0 Å². The summed E-state index contributed by atoms with van der Waals surface area (Å²) in [7, 11) is 0. The van der Waals surface area contributed by atoms with Gasteiger partial charge >= 0.3 is 0 Å². The van der Waals surface area contributed by atoms with Crippen LogP contribution in [-0.2, 0) is 14.3 Å². The highest BCUT2D eigenvalue weighted by Gasteiger charge is 2.37. The smallest absolute Gasteiger partial charge is 0.261 e. The van der Waals surface area contributed by atoms with Crippen molar-refractivity contribution in [3.05, 3.63) is 12.3 Å². The van der Waals surface area contributed by atoms with E-state index in [9.17, 15) is 24.9 Å². The molecule has 0 aliphatic rings. The van der Waals surface area contributed by atoms with E-state index in [1.807, 2.05) is 0 Å². The van der Waals surface area contributed by atoms with Gasteiger partial charge < -0.3 is 31.5 Å². The van der Waals surface area contributed by atoms with Gasteiger partial charge in [-0.25, -0.2) is 0 Å². The van der Waals surface area contributed by atoms with Crippen LogP contribution in [0.1, 0.15) is 39.0 Å². The van der Waals surface area contributed by atoms with E-state index in [-0.39, 0.29) is 0 Å². The fraction of sp³-hybridized carbons (Fsp3) is 0.714. The van der Waals surface area contributed by atoms with Crippen LogP contribution in [0.4, 0.5) is 0 Å². The Balaban J connectivity index is 4.44. The molecule has 0 aliphatic heterocycles. The number of aliphatic hydroxyl groups excluding tert-OH is 3. The van der Waals surface area contributed by atoms with Crippen molar-refractivity contribution < 1.29 is 29.6 Å². The van der Waals surface area contributed by atoms with Gasteiger partial charge in [-0.2, -0.15) is 0 Å². The second kappa shape index (κ2) is 11.0. The van der Waals surface area contributed by atoms with E-state index in [1.54, 1.807) is 6.08 Å². The van der Waals surface area contributed by atoms with Crippen molar-refractivity contribution in [2.45, 2.75) is 63.4 Å². The lowest BCUT2D eigenvalue weighted by Gasteiger charge is -2.25. The molecule has 0 aliphatic carbocycles. The summed E-state index contributed by atoms with van der Waals surface area (Å²) in [6.45, 7) is 2.10. The van der Waals surface area contributed by atoms with Gasteiger partial charge in [0, 0.05) is 0 Å². The molecule has 0 radical (unpaired) electrons. The second-order valence-corrected chi connectivity index (χ2v) is 5.01. The van der Waals surface area contributed by atoms with Crippen molar-refractivity contribution in [3.8, 4) is 0 Å². The van der Waals surface area contributed by atoms with E-state index in [2.05, 4.69) is 6.92 Å². The van der Waals surface area contributed by atoms with Crippen molar-refractivity contribution in [1.82, 2.24) is 0 Å². The minimum absolute atomic E-state index is 0.730. The summed E-state index contributed by atoms with van der Waals surface area (Å²) >= 11 is 0. The highest BCUT2D eigenvalue weighted by atomic mass is 16.5. The Morgan fingerprint density at radius 2 is 1.68 bits per heavy atom. The molecule has 0 bridgehead atoms. The molecule has 0 aromatic carbocycles. The molecule has 128 valence electrons. The zero-order chi connectivity index (χ0) is 17.1. The number of hydrogen-bond acceptors (Lipinski definition) is 6. The van der Waals surface area contributed by atoms with Crippen LogP contribution in [0.5, 0.6) is 0 Å². The van der Waals surface area contributed by atoms with Crippen LogP contribution in [0.25, 0.3) is 0 Å². The SMILES string of the molecule is CCCCCC/C=C/O[C@@H](C(N)=O)[C@@H](O)[C@H](O)[C@H](O)C(N)=O. The quantitative estimate of drug-likeness (QED) is 0.227. The molecule has 0 saturated heterocycles. The first kappa shape index (κ1) is 20.4. The van der Waals surface area contributed by atoms with Crippen LogP contribution in [0.3, 0.4) is 0 Å². The molecule has 0 aromatic rings. The highest BCUT2D eigenvalue weighted by molar-refractivity contribution is 5.81. The monoisotopic (exact) mass is 318 g/mol. The third-order valence-corrected chi connectivity index (χ3v) is 3.10. The van der Waals surface area contributed by atoms with Gasteiger partial charge in [0.05, 0.1) is 6.26 Å². The number of nitrogens with two attached hydrogens (primary N) is 2. The van der Waals surface area contributed by atoms with Gasteiger partial charge in [0.25, 0.3) is 5.91 Å². The molecule has 4 atom stereocenters. The molecule has 8 heteroatoms. The largest absolute Gasteiger partial charge is 0.486 e. The standard InChI is InChI=1S/C14H26N2O6/c1-2-3-4-5-6-7-8-22-12(14(16)21)10(18)9(17)11(19)13(15)20/h7-12,17-19H,2-6H2,1H3,(H2,15,20)(H2,16,21)/b8-7+/t9-,10-,11-,12+/m0/s1. The lowest BCUT2D eigenvalue weighted by Crippen LogP contribution is -2.53. The molecule has 22 heavy (non-hydrogen) atoms. The van der Waals surface area contributed by atoms with Gasteiger partial charge in [0.15, 0.2) is 6.10 Å². The Hall–Kier alpha value is -1.64. The molecule has 0 saturated carbocycles. The highest BCUT2D eigenvalue weighted by Crippen LogP contribution is 2.10. The van der Waals surface area contributed by atoms with Gasteiger partial charge in [-0.15, -0.1) is 0 Å². The Morgan fingerprint density at radius 3 is 2.18 bits per heavy atom. The lowest BCUT2D eigenvalue weighted by molar-refractivity contribution is -0.152. The van der Waals surface area contributed by atoms with Crippen molar-refractivity contribution in [1.29, 1.82) is 0 Å². The molecule has 2 amide bonds. The number of ether oxygens (including phenoxy) is 1. The van der Waals surface area contributed by atoms with Gasteiger partial charge in [0.1, 0.15) is 12.2 Å². The van der Waals surface area contributed by atoms with Gasteiger partial charge in [-0.05, 0) is 18.9 Å². The Bertz CT molecular complexity index is 374. The first-order valence-corrected chi connectivity index (χ1v) is 7.26. The van der Waals surface area contributed by atoms with E-state index in [1.165, 1.54) is 6.26 Å². The molecule has 0 spiro atoms. The number of carbonyl (C=O) groups excluding carboxylic acids is 2. The van der Waals surface area contributed by atoms with E-state index in [0.717, 1.165) is 32.1 Å². The minimum Gasteiger partial charge on any atom is -0.486 e. The van der Waals surface area contributed by atoms with E-state index in [4.69, 9.17) is 16.2 Å². The summed E-state index contributed by atoms with van der Waals surface area (Å²) < 4.78 is 4.99. The Kier molecular flexibility index (Phi) is 10.2. The van der Waals surface area contributed by atoms with E-state index < -0.39 is 36.2 Å². The van der Waals surface area contributed by atoms with Crippen molar-refractivity contribution in [2.24, 2.45) is 11.5 Å². The third-order valence-electron chi connectivity index (χ3n) is 3.10. The first-order valence-electron chi connectivity index (χ1n) is 7.26. The van der Waals surface area contributed by atoms with Crippen LogP contribution >= 0.6 is 0 Å². The molecular formula is C14H26N2O6. The number of hydrogen-bond donors (Lipinski definition) is 5. The zero-order valence-corrected chi connectivity index (χ0v) is 12.7. The van der Waals surface area contributed by atoms with Crippen LogP contribution < -0.4 is 11.5 Å². The van der Waals surface area contributed by atoms with Crippen LogP contribution in [-0.4, -0.2) is 51.5 Å². The predicted molar refractivity (Wildman–Crippen MR) is 79.2 cm³/mol. The molecule has 8 nitrogen and oxygen atoms in total. The summed E-state index contributed by atoms with van der Waals surface area (Å²) in [5.74, 6) is -2.28. The second-order valence-electron chi connectivity index (χ2n) is 5.01. The van der Waals surface area contributed by atoms with Crippen LogP contribution in [0.15, 0.2) is 12.3 Å². The number of rotatable bonds is 12. The number of aliphatic hydroxyl groups is 3. The van der Waals surface area contributed by atoms with Gasteiger partial charge in [-0.3, -0.25) is 9.59 Å². The molecule has 0 unspecified atom stereocenters. The minimum atomic E-state index is -2.03. The Morgan fingerprint density at radius 1 is 1.05 bits per heavy atom. The molecule has 0 aromatic heterocycles. The number of unbranched alkanes of at least 4 members (excludes halogenated alkanes) is 4. The molecule has 7 N–H and O–H groups in total. The number of carbonyl (C=O) groups is 2. The molecule has 0 heterocycles. The topological polar surface area (TPSA) is 156 Å². The fourth-order valence-corrected chi connectivity index (χ4v) is 1.75. The van der Waals surface area contributed by atoms with E-state index in [0.29, 0.717) is 0 Å². The summed E-state index contributed by atoms with van der Waals surface area (Å²) in [6.07, 6.45) is 0.390. The van der Waals surface area contributed by atoms with Gasteiger partial charge in [-0.1, -0.05) is 26.2 Å². The maximum absolute atomic E-state index is 11.2. The maximum atomic E-state index is 11.2. The maximum Gasteiger partial charge on any atom is 0.261 e. The average Bonchev–Trinajstić information content (AvgIpc) is 2.47. The summed E-state index contributed by atoms with van der Waals surface area (Å²) in [5, 5.41) is 28.6.